The summed E-state index contributed by atoms with van der Waals surface area (Å²) in [4.78, 5) is 28.7. The third-order valence-corrected chi connectivity index (χ3v) is 5.64. The fourth-order valence-electron chi connectivity index (χ4n) is 4.31. The van der Waals surface area contributed by atoms with Crippen LogP contribution in [0.3, 0.4) is 0 Å². The molecule has 140 valence electrons. The van der Waals surface area contributed by atoms with E-state index in [1.165, 1.54) is 0 Å². The number of likely N-dealkylation sites (tertiary alicyclic amines) is 1. The number of piperidine rings is 1. The normalized spacial score (nSPS) is 28.4. The molecule has 2 atom stereocenters. The average molecular weight is 358 g/mol. The summed E-state index contributed by atoms with van der Waals surface area (Å²) in [6.07, 6.45) is 3.13. The van der Waals surface area contributed by atoms with Gasteiger partial charge in [-0.2, -0.15) is 0 Å². The molecular formula is C20H26N2O4. The van der Waals surface area contributed by atoms with Crippen molar-refractivity contribution >= 4 is 11.8 Å². The second-order valence-electron chi connectivity index (χ2n) is 7.63. The fourth-order valence-corrected chi connectivity index (χ4v) is 4.31. The van der Waals surface area contributed by atoms with Gasteiger partial charge in [0.2, 0.25) is 5.91 Å². The molecule has 6 nitrogen and oxygen atoms in total. The van der Waals surface area contributed by atoms with Crippen LogP contribution in [-0.2, 0) is 20.9 Å². The minimum Gasteiger partial charge on any atom is -0.483 e. The number of carbonyl (C=O) groups excluding carboxylic acids is 2. The van der Waals surface area contributed by atoms with Crippen molar-refractivity contribution in [1.82, 2.24) is 9.80 Å². The van der Waals surface area contributed by atoms with E-state index < -0.39 is 5.60 Å². The smallest absolute Gasteiger partial charge is 0.251 e. The molecular weight excluding hydrogens is 332 g/mol. The molecule has 6 heteroatoms. The first-order valence-electron chi connectivity index (χ1n) is 9.49. The Balaban J connectivity index is 1.60. The van der Waals surface area contributed by atoms with E-state index in [-0.39, 0.29) is 17.9 Å². The maximum absolute atomic E-state index is 12.8. The van der Waals surface area contributed by atoms with Crippen molar-refractivity contribution in [2.24, 2.45) is 0 Å². The van der Waals surface area contributed by atoms with E-state index in [4.69, 9.17) is 9.47 Å². The molecule has 0 aliphatic carbocycles. The highest BCUT2D eigenvalue weighted by atomic mass is 16.5. The molecule has 0 radical (unpaired) electrons. The number of rotatable bonds is 1. The molecule has 26 heavy (non-hydrogen) atoms. The number of ether oxygens (including phenoxy) is 2. The highest BCUT2D eigenvalue weighted by Crippen LogP contribution is 2.35. The molecule has 0 bridgehead atoms. The number of amides is 2. The van der Waals surface area contributed by atoms with E-state index in [9.17, 15) is 9.59 Å². The van der Waals surface area contributed by atoms with Crippen molar-refractivity contribution in [2.45, 2.75) is 50.9 Å². The summed E-state index contributed by atoms with van der Waals surface area (Å²) in [5.41, 5.74) is 0.465. The Morgan fingerprint density at radius 2 is 1.96 bits per heavy atom. The summed E-state index contributed by atoms with van der Waals surface area (Å²) in [7, 11) is 0. The standard InChI is InChI=1S/C20H26N2O4/c1-15(23)22-12-16-6-2-3-7-17(16)26-20(14-22)9-5-10-21(13-20)19(24)18-8-4-11-25-18/h2-3,6-7,18H,4-5,8-14H2,1H3/t18-,20+/m0/s1. The molecule has 2 saturated heterocycles. The van der Waals surface area contributed by atoms with Crippen LogP contribution in [0.5, 0.6) is 5.75 Å². The number of hydrogen-bond donors (Lipinski definition) is 0. The highest BCUT2D eigenvalue weighted by molar-refractivity contribution is 5.81. The van der Waals surface area contributed by atoms with Gasteiger partial charge in [0.25, 0.3) is 5.91 Å². The molecule has 1 aromatic carbocycles. The van der Waals surface area contributed by atoms with Crippen LogP contribution in [0.15, 0.2) is 24.3 Å². The zero-order valence-electron chi connectivity index (χ0n) is 15.3. The molecule has 0 unspecified atom stereocenters. The van der Waals surface area contributed by atoms with E-state index >= 15 is 0 Å². The van der Waals surface area contributed by atoms with E-state index in [1.54, 1.807) is 6.92 Å². The molecule has 0 N–H and O–H groups in total. The number of para-hydroxylation sites is 1. The molecule has 1 aromatic rings. The van der Waals surface area contributed by atoms with Crippen molar-refractivity contribution in [1.29, 1.82) is 0 Å². The summed E-state index contributed by atoms with van der Waals surface area (Å²) in [5, 5.41) is 0. The largest absolute Gasteiger partial charge is 0.483 e. The quantitative estimate of drug-likeness (QED) is 0.770. The van der Waals surface area contributed by atoms with Gasteiger partial charge in [-0.25, -0.2) is 0 Å². The Hall–Kier alpha value is -2.08. The summed E-state index contributed by atoms with van der Waals surface area (Å²) in [6.45, 7) is 4.55. The minimum atomic E-state index is -0.551. The summed E-state index contributed by atoms with van der Waals surface area (Å²) >= 11 is 0. The Kier molecular flexibility index (Phi) is 4.61. The SMILES string of the molecule is CC(=O)N1Cc2ccccc2O[C@@]2(CCCN(C(=O)[C@@H]3CCCO3)C2)C1. The minimum absolute atomic E-state index is 0.0345. The highest BCUT2D eigenvalue weighted by Gasteiger charge is 2.44. The van der Waals surface area contributed by atoms with Gasteiger partial charge in [0, 0.05) is 32.2 Å². The Bertz CT molecular complexity index is 701. The summed E-state index contributed by atoms with van der Waals surface area (Å²) in [6, 6.07) is 7.88. The lowest BCUT2D eigenvalue weighted by atomic mass is 9.91. The van der Waals surface area contributed by atoms with Crippen LogP contribution in [0.1, 0.15) is 38.2 Å². The van der Waals surface area contributed by atoms with Gasteiger partial charge >= 0.3 is 0 Å². The topological polar surface area (TPSA) is 59.1 Å². The Morgan fingerprint density at radius 3 is 2.73 bits per heavy atom. The summed E-state index contributed by atoms with van der Waals surface area (Å²) in [5.74, 6) is 0.923. The summed E-state index contributed by atoms with van der Waals surface area (Å²) < 4.78 is 12.1. The average Bonchev–Trinajstić information content (AvgIpc) is 3.11. The van der Waals surface area contributed by atoms with Crippen LogP contribution in [0.2, 0.25) is 0 Å². The maximum atomic E-state index is 12.8. The molecule has 1 spiro atoms. The van der Waals surface area contributed by atoms with Crippen molar-refractivity contribution < 1.29 is 19.1 Å². The molecule has 3 heterocycles. The molecule has 3 aliphatic heterocycles. The molecule has 0 saturated carbocycles. The van der Waals surface area contributed by atoms with Crippen LogP contribution in [-0.4, -0.2) is 59.6 Å². The zero-order valence-corrected chi connectivity index (χ0v) is 15.3. The molecule has 4 rings (SSSR count). The predicted octanol–water partition coefficient (Wildman–Crippen LogP) is 1.97. The van der Waals surface area contributed by atoms with E-state index in [0.717, 1.165) is 43.5 Å². The van der Waals surface area contributed by atoms with Gasteiger partial charge in [0.05, 0.1) is 13.1 Å². The van der Waals surface area contributed by atoms with Gasteiger partial charge in [-0.3, -0.25) is 9.59 Å². The van der Waals surface area contributed by atoms with E-state index in [1.807, 2.05) is 34.1 Å². The van der Waals surface area contributed by atoms with Gasteiger partial charge in [0.1, 0.15) is 17.5 Å². The molecule has 3 aliphatic rings. The van der Waals surface area contributed by atoms with E-state index in [2.05, 4.69) is 0 Å². The van der Waals surface area contributed by atoms with Crippen LogP contribution >= 0.6 is 0 Å². The van der Waals surface area contributed by atoms with Gasteiger partial charge in [-0.05, 0) is 31.7 Å². The van der Waals surface area contributed by atoms with Gasteiger partial charge < -0.3 is 19.3 Å². The van der Waals surface area contributed by atoms with Crippen molar-refractivity contribution in [3.63, 3.8) is 0 Å². The van der Waals surface area contributed by atoms with Gasteiger partial charge in [-0.15, -0.1) is 0 Å². The van der Waals surface area contributed by atoms with Crippen molar-refractivity contribution in [3.8, 4) is 5.75 Å². The number of fused-ring (bicyclic) bond motifs is 1. The van der Waals surface area contributed by atoms with Crippen molar-refractivity contribution in [3.05, 3.63) is 29.8 Å². The number of benzene rings is 1. The van der Waals surface area contributed by atoms with Crippen LogP contribution in [0.4, 0.5) is 0 Å². The second kappa shape index (κ2) is 6.91. The van der Waals surface area contributed by atoms with Crippen LogP contribution in [0, 0.1) is 0 Å². The number of hydrogen-bond acceptors (Lipinski definition) is 4. The molecule has 2 fully saturated rings. The number of nitrogens with zero attached hydrogens (tertiary/aromatic N) is 2. The van der Waals surface area contributed by atoms with Crippen molar-refractivity contribution in [2.75, 3.05) is 26.2 Å². The lowest BCUT2D eigenvalue weighted by molar-refractivity contribution is -0.148. The molecule has 0 aromatic heterocycles. The van der Waals surface area contributed by atoms with Gasteiger partial charge in [-0.1, -0.05) is 18.2 Å². The first-order chi connectivity index (χ1) is 12.6. The Morgan fingerprint density at radius 1 is 1.15 bits per heavy atom. The predicted molar refractivity (Wildman–Crippen MR) is 95.7 cm³/mol. The monoisotopic (exact) mass is 358 g/mol. The lowest BCUT2D eigenvalue weighted by Crippen LogP contribution is -2.59. The molecule has 2 amide bonds. The zero-order chi connectivity index (χ0) is 18.1. The third-order valence-electron chi connectivity index (χ3n) is 5.64. The second-order valence-corrected chi connectivity index (χ2v) is 7.63. The lowest BCUT2D eigenvalue weighted by Gasteiger charge is -2.44. The van der Waals surface area contributed by atoms with Gasteiger partial charge in [0.15, 0.2) is 0 Å². The Labute approximate surface area is 154 Å². The first-order valence-corrected chi connectivity index (χ1v) is 9.49. The first kappa shape index (κ1) is 17.3. The van der Waals surface area contributed by atoms with Crippen LogP contribution in [0.25, 0.3) is 0 Å². The van der Waals surface area contributed by atoms with E-state index in [0.29, 0.717) is 26.2 Å². The van der Waals surface area contributed by atoms with Crippen LogP contribution < -0.4 is 4.74 Å². The fraction of sp³-hybridized carbons (Fsp3) is 0.600. The maximum Gasteiger partial charge on any atom is 0.251 e. The number of carbonyl (C=O) groups is 2. The third kappa shape index (κ3) is 3.30.